The van der Waals surface area contributed by atoms with Crippen LogP contribution in [0.5, 0.6) is 11.5 Å². The predicted molar refractivity (Wildman–Crippen MR) is 158 cm³/mol. The van der Waals surface area contributed by atoms with Crippen molar-refractivity contribution in [2.45, 2.75) is 39.2 Å². The molecule has 196 valence electrons. The van der Waals surface area contributed by atoms with Crippen molar-refractivity contribution in [1.82, 2.24) is 9.66 Å². The maximum absolute atomic E-state index is 13.5. The lowest BCUT2D eigenvalue weighted by atomic mass is 9.95. The topological polar surface area (TPSA) is 65.7 Å². The maximum atomic E-state index is 13.5. The van der Waals surface area contributed by atoms with Crippen molar-refractivity contribution in [3.8, 4) is 11.5 Å². The highest BCUT2D eigenvalue weighted by atomic mass is 79.9. The van der Waals surface area contributed by atoms with Gasteiger partial charge >= 0.3 is 0 Å². The molecule has 3 aromatic carbocycles. The van der Waals surface area contributed by atoms with Crippen LogP contribution < -0.4 is 15.0 Å². The highest BCUT2D eigenvalue weighted by Gasteiger charge is 2.23. The summed E-state index contributed by atoms with van der Waals surface area (Å²) in [6.45, 7) is 10.3. The van der Waals surface area contributed by atoms with E-state index in [1.165, 1.54) is 4.68 Å². The van der Waals surface area contributed by atoms with E-state index in [1.807, 2.05) is 69.3 Å². The van der Waals surface area contributed by atoms with E-state index in [1.54, 1.807) is 25.5 Å². The second-order valence-electron chi connectivity index (χ2n) is 9.83. The maximum Gasteiger partial charge on any atom is 0.282 e. The number of halogens is 2. The first-order valence-electron chi connectivity index (χ1n) is 12.1. The van der Waals surface area contributed by atoms with Crippen molar-refractivity contribution < 1.29 is 9.47 Å². The second kappa shape index (κ2) is 11.5. The molecule has 0 radical (unpaired) electrons. The number of methoxy groups -OCH3 is 1. The average molecular weight is 595 g/mol. The van der Waals surface area contributed by atoms with Crippen LogP contribution in [0, 0.1) is 0 Å². The summed E-state index contributed by atoms with van der Waals surface area (Å²) in [5.74, 6) is 1.75. The molecule has 0 saturated carbocycles. The molecule has 1 aromatic heterocycles. The molecule has 0 aliphatic carbocycles. The van der Waals surface area contributed by atoms with E-state index in [4.69, 9.17) is 26.1 Å². The van der Waals surface area contributed by atoms with Crippen LogP contribution in [0.1, 0.15) is 43.3 Å². The fraction of sp³-hybridized carbons (Fsp3) is 0.233. The van der Waals surface area contributed by atoms with Crippen LogP contribution in [0.3, 0.4) is 0 Å². The second-order valence-corrected chi connectivity index (χ2v) is 11.2. The lowest BCUT2D eigenvalue weighted by molar-refractivity contribution is 0.282. The highest BCUT2D eigenvalue weighted by molar-refractivity contribution is 9.10. The van der Waals surface area contributed by atoms with Gasteiger partial charge in [0.1, 0.15) is 12.4 Å². The van der Waals surface area contributed by atoms with Gasteiger partial charge in [-0.2, -0.15) is 9.78 Å². The van der Waals surface area contributed by atoms with Gasteiger partial charge < -0.3 is 9.47 Å². The van der Waals surface area contributed by atoms with Gasteiger partial charge in [0.15, 0.2) is 11.5 Å². The lowest BCUT2D eigenvalue weighted by Gasteiger charge is -2.21. The molecule has 0 fully saturated rings. The first kappa shape index (κ1) is 27.6. The van der Waals surface area contributed by atoms with E-state index >= 15 is 0 Å². The Bertz CT molecular complexity index is 1570. The summed E-state index contributed by atoms with van der Waals surface area (Å²) in [4.78, 5) is 18.3. The van der Waals surface area contributed by atoms with Crippen molar-refractivity contribution in [3.63, 3.8) is 0 Å². The Kier molecular flexibility index (Phi) is 8.38. The fourth-order valence-electron chi connectivity index (χ4n) is 3.98. The minimum Gasteiger partial charge on any atom is -0.493 e. The molecule has 0 spiro atoms. The number of hydrogen-bond acceptors (Lipinski definition) is 5. The van der Waals surface area contributed by atoms with Gasteiger partial charge in [-0.3, -0.25) is 4.79 Å². The van der Waals surface area contributed by atoms with Gasteiger partial charge in [0.2, 0.25) is 0 Å². The third-order valence-corrected chi connectivity index (χ3v) is 6.58. The van der Waals surface area contributed by atoms with Crippen LogP contribution in [-0.4, -0.2) is 23.0 Å². The molecule has 8 heteroatoms. The molecule has 0 aliphatic heterocycles. The summed E-state index contributed by atoms with van der Waals surface area (Å²) in [6, 6.07) is 16.8. The molecule has 6 nitrogen and oxygen atoms in total. The molecular formula is C30H29BrClN3O3. The van der Waals surface area contributed by atoms with Gasteiger partial charge in [-0.25, -0.2) is 4.98 Å². The SMILES string of the molecule is C=CCc1cc(C=Nn2c(C(C)(C)C)nc3ccc(Br)cc3c2=O)cc(OC)c1OCc1ccc(Cl)cc1. The summed E-state index contributed by atoms with van der Waals surface area (Å²) < 4.78 is 14.0. The zero-order chi connectivity index (χ0) is 27.4. The lowest BCUT2D eigenvalue weighted by Crippen LogP contribution is -2.29. The average Bonchev–Trinajstić information content (AvgIpc) is 2.88. The van der Waals surface area contributed by atoms with Crippen LogP contribution in [-0.2, 0) is 18.4 Å². The van der Waals surface area contributed by atoms with Gasteiger partial charge in [-0.05, 0) is 60.0 Å². The predicted octanol–water partition coefficient (Wildman–Crippen LogP) is 7.31. The van der Waals surface area contributed by atoms with E-state index < -0.39 is 5.41 Å². The van der Waals surface area contributed by atoms with Crippen LogP contribution in [0.15, 0.2) is 81.6 Å². The van der Waals surface area contributed by atoms with Crippen LogP contribution in [0.2, 0.25) is 5.02 Å². The zero-order valence-corrected chi connectivity index (χ0v) is 24.1. The first-order chi connectivity index (χ1) is 18.1. The molecular weight excluding hydrogens is 566 g/mol. The largest absolute Gasteiger partial charge is 0.493 e. The summed E-state index contributed by atoms with van der Waals surface area (Å²) in [5, 5.41) is 5.76. The smallest absolute Gasteiger partial charge is 0.282 e. The van der Waals surface area contributed by atoms with Crippen molar-refractivity contribution >= 4 is 44.6 Å². The molecule has 0 unspecified atom stereocenters. The number of ether oxygens (including phenoxy) is 2. The van der Waals surface area contributed by atoms with E-state index in [0.717, 1.165) is 21.2 Å². The normalized spacial score (nSPS) is 11.7. The Hall–Kier alpha value is -3.42. The molecule has 0 bridgehead atoms. The Balaban J connectivity index is 1.76. The Morgan fingerprint density at radius 3 is 2.53 bits per heavy atom. The minimum absolute atomic E-state index is 0.237. The van der Waals surface area contributed by atoms with E-state index in [0.29, 0.717) is 46.3 Å². The number of benzene rings is 3. The number of allylic oxidation sites excluding steroid dienone is 1. The molecule has 0 aliphatic rings. The van der Waals surface area contributed by atoms with Gasteiger partial charge in [-0.15, -0.1) is 6.58 Å². The number of rotatable bonds is 8. The van der Waals surface area contributed by atoms with Crippen molar-refractivity contribution in [2.24, 2.45) is 5.10 Å². The van der Waals surface area contributed by atoms with E-state index in [9.17, 15) is 4.79 Å². The zero-order valence-electron chi connectivity index (χ0n) is 21.8. The van der Waals surface area contributed by atoms with E-state index in [2.05, 4.69) is 27.6 Å². The van der Waals surface area contributed by atoms with Gasteiger partial charge in [-0.1, -0.05) is 66.5 Å². The molecule has 0 atom stereocenters. The van der Waals surface area contributed by atoms with Crippen LogP contribution in [0.4, 0.5) is 0 Å². The summed E-state index contributed by atoms with van der Waals surface area (Å²) >= 11 is 9.45. The molecule has 0 N–H and O–H groups in total. The molecule has 38 heavy (non-hydrogen) atoms. The standard InChI is InChI=1S/C30H29BrClN3O3/c1-6-7-21-14-20(15-26(37-5)27(21)38-18-19-8-11-23(32)12-9-19)17-33-35-28(36)24-16-22(31)10-13-25(24)34-29(35)30(2,3)4/h6,8-17H,1,7,18H2,2-5H3. The summed E-state index contributed by atoms with van der Waals surface area (Å²) in [7, 11) is 1.59. The monoisotopic (exact) mass is 593 g/mol. The first-order valence-corrected chi connectivity index (χ1v) is 13.2. The quantitative estimate of drug-likeness (QED) is 0.159. The third-order valence-electron chi connectivity index (χ3n) is 5.84. The molecule has 4 aromatic rings. The molecule has 1 heterocycles. The summed E-state index contributed by atoms with van der Waals surface area (Å²) in [6.07, 6.45) is 4.01. The van der Waals surface area contributed by atoms with Gasteiger partial charge in [0.05, 0.1) is 24.2 Å². The highest BCUT2D eigenvalue weighted by Crippen LogP contribution is 2.34. The van der Waals surface area contributed by atoms with Gasteiger partial charge in [0.25, 0.3) is 5.56 Å². The Labute approximate surface area is 235 Å². The van der Waals surface area contributed by atoms with Crippen molar-refractivity contribution in [3.05, 3.63) is 110 Å². The van der Waals surface area contributed by atoms with Crippen molar-refractivity contribution in [1.29, 1.82) is 0 Å². The minimum atomic E-state index is -0.414. The fourth-order valence-corrected chi connectivity index (χ4v) is 4.47. The van der Waals surface area contributed by atoms with Gasteiger partial charge in [0, 0.05) is 20.5 Å². The molecule has 0 saturated heterocycles. The molecule has 4 rings (SSSR count). The Morgan fingerprint density at radius 2 is 1.87 bits per heavy atom. The number of aromatic nitrogens is 2. The molecule has 0 amide bonds. The van der Waals surface area contributed by atoms with Crippen LogP contribution >= 0.6 is 27.5 Å². The Morgan fingerprint density at radius 1 is 1.13 bits per heavy atom. The number of nitrogens with zero attached hydrogens (tertiary/aromatic N) is 3. The van der Waals surface area contributed by atoms with E-state index in [-0.39, 0.29) is 5.56 Å². The number of fused-ring (bicyclic) bond motifs is 1. The summed E-state index contributed by atoms with van der Waals surface area (Å²) in [5.41, 5.74) is 2.60. The van der Waals surface area contributed by atoms with Crippen LogP contribution in [0.25, 0.3) is 10.9 Å². The number of hydrogen-bond donors (Lipinski definition) is 0. The third kappa shape index (κ3) is 6.17. The van der Waals surface area contributed by atoms with Crippen molar-refractivity contribution in [2.75, 3.05) is 7.11 Å².